The Kier molecular flexibility index (Phi) is 4.88. The number of benzene rings is 1. The number of hydrogen-bond acceptors (Lipinski definition) is 2. The van der Waals surface area contributed by atoms with Crippen molar-refractivity contribution in [1.82, 2.24) is 10.2 Å². The third kappa shape index (κ3) is 3.97. The summed E-state index contributed by atoms with van der Waals surface area (Å²) in [7, 11) is 1.77. The van der Waals surface area contributed by atoms with Crippen LogP contribution in [0.4, 0.5) is 4.79 Å². The number of aliphatic hydroxyl groups excluding tert-OH is 1. The molecule has 0 aromatic heterocycles. The topological polar surface area (TPSA) is 52.6 Å². The predicted octanol–water partition coefficient (Wildman–Crippen LogP) is 2.44. The largest absolute Gasteiger partial charge is 0.393 e. The molecule has 4 nitrogen and oxygen atoms in total. The first-order valence-corrected chi connectivity index (χ1v) is 7.68. The number of aliphatic hydroxyl groups is 1. The van der Waals surface area contributed by atoms with Gasteiger partial charge in [0.05, 0.1) is 6.10 Å². The number of nitrogens with one attached hydrogen (secondary N) is 1. The standard InChI is InChI=1S/C17H26N2O2/c1-13-6-4-5-7-15(13)17(9-10-17)12-18-16(21)19(3)11-8-14(2)20/h4-7,14,20H,8-12H2,1-3H3,(H,18,21). The van der Waals surface area contributed by atoms with Crippen LogP contribution >= 0.6 is 0 Å². The Labute approximate surface area is 127 Å². The van der Waals surface area contributed by atoms with Gasteiger partial charge in [-0.2, -0.15) is 0 Å². The lowest BCUT2D eigenvalue weighted by atomic mass is 9.92. The van der Waals surface area contributed by atoms with E-state index in [0.29, 0.717) is 19.5 Å². The number of carbonyl (C=O) groups is 1. The fourth-order valence-electron chi connectivity index (χ4n) is 2.72. The molecule has 0 spiro atoms. The van der Waals surface area contributed by atoms with E-state index in [1.807, 2.05) is 0 Å². The number of carbonyl (C=O) groups excluding carboxylic acids is 1. The molecule has 0 bridgehead atoms. The summed E-state index contributed by atoms with van der Waals surface area (Å²) in [5.41, 5.74) is 2.79. The lowest BCUT2D eigenvalue weighted by Gasteiger charge is -2.23. The molecule has 1 aliphatic rings. The maximum absolute atomic E-state index is 12.1. The zero-order valence-electron chi connectivity index (χ0n) is 13.2. The van der Waals surface area contributed by atoms with Gasteiger partial charge in [-0.15, -0.1) is 0 Å². The van der Waals surface area contributed by atoms with Gasteiger partial charge in [-0.25, -0.2) is 4.79 Å². The molecular formula is C17H26N2O2. The van der Waals surface area contributed by atoms with E-state index in [1.165, 1.54) is 11.1 Å². The average molecular weight is 290 g/mol. The zero-order chi connectivity index (χ0) is 15.5. The summed E-state index contributed by atoms with van der Waals surface area (Å²) in [4.78, 5) is 13.7. The van der Waals surface area contributed by atoms with Crippen molar-refractivity contribution < 1.29 is 9.90 Å². The normalized spacial score (nSPS) is 17.1. The number of urea groups is 1. The van der Waals surface area contributed by atoms with Gasteiger partial charge < -0.3 is 15.3 Å². The minimum Gasteiger partial charge on any atom is -0.393 e. The van der Waals surface area contributed by atoms with Crippen LogP contribution in [0.15, 0.2) is 24.3 Å². The fourth-order valence-corrected chi connectivity index (χ4v) is 2.72. The van der Waals surface area contributed by atoms with Crippen molar-refractivity contribution in [3.05, 3.63) is 35.4 Å². The Morgan fingerprint density at radius 3 is 2.67 bits per heavy atom. The number of aryl methyl sites for hydroxylation is 1. The van der Waals surface area contributed by atoms with Crippen LogP contribution < -0.4 is 5.32 Å². The zero-order valence-corrected chi connectivity index (χ0v) is 13.2. The van der Waals surface area contributed by atoms with E-state index in [2.05, 4.69) is 36.5 Å². The van der Waals surface area contributed by atoms with Gasteiger partial charge in [0.15, 0.2) is 0 Å². The third-order valence-corrected chi connectivity index (χ3v) is 4.38. The molecule has 1 aromatic carbocycles. The van der Waals surface area contributed by atoms with Crippen LogP contribution in [0, 0.1) is 6.92 Å². The molecule has 1 saturated carbocycles. The highest BCUT2D eigenvalue weighted by Gasteiger charge is 2.45. The number of hydrogen-bond donors (Lipinski definition) is 2. The molecule has 4 heteroatoms. The van der Waals surface area contributed by atoms with Crippen LogP contribution in [-0.2, 0) is 5.41 Å². The van der Waals surface area contributed by atoms with Gasteiger partial charge in [-0.1, -0.05) is 24.3 Å². The maximum Gasteiger partial charge on any atom is 0.317 e. The summed E-state index contributed by atoms with van der Waals surface area (Å²) in [6, 6.07) is 8.36. The van der Waals surface area contributed by atoms with Gasteiger partial charge in [0.2, 0.25) is 0 Å². The highest BCUT2D eigenvalue weighted by molar-refractivity contribution is 5.74. The van der Waals surface area contributed by atoms with Crippen molar-refractivity contribution in [3.63, 3.8) is 0 Å². The first-order chi connectivity index (χ1) is 9.94. The Morgan fingerprint density at radius 1 is 1.43 bits per heavy atom. The van der Waals surface area contributed by atoms with E-state index in [4.69, 9.17) is 0 Å². The van der Waals surface area contributed by atoms with E-state index >= 15 is 0 Å². The molecule has 1 atom stereocenters. The van der Waals surface area contributed by atoms with Gasteiger partial charge in [-0.05, 0) is 44.2 Å². The monoisotopic (exact) mass is 290 g/mol. The van der Waals surface area contributed by atoms with E-state index in [0.717, 1.165) is 12.8 Å². The van der Waals surface area contributed by atoms with E-state index < -0.39 is 0 Å². The predicted molar refractivity (Wildman–Crippen MR) is 84.4 cm³/mol. The number of amides is 2. The summed E-state index contributed by atoms with van der Waals surface area (Å²) < 4.78 is 0. The summed E-state index contributed by atoms with van der Waals surface area (Å²) in [6.45, 7) is 5.13. The van der Waals surface area contributed by atoms with E-state index in [9.17, 15) is 9.90 Å². The quantitative estimate of drug-likeness (QED) is 0.845. The summed E-state index contributed by atoms with van der Waals surface area (Å²) in [5, 5.41) is 12.3. The first kappa shape index (κ1) is 15.8. The van der Waals surface area contributed by atoms with Crippen LogP contribution in [-0.4, -0.2) is 42.3 Å². The van der Waals surface area contributed by atoms with Crippen molar-refractivity contribution in [2.75, 3.05) is 20.1 Å². The third-order valence-electron chi connectivity index (χ3n) is 4.38. The lowest BCUT2D eigenvalue weighted by Crippen LogP contribution is -2.42. The van der Waals surface area contributed by atoms with Gasteiger partial charge in [0, 0.05) is 25.6 Å². The molecular weight excluding hydrogens is 264 g/mol. The Bertz CT molecular complexity index is 495. The van der Waals surface area contributed by atoms with E-state index in [-0.39, 0.29) is 17.6 Å². The van der Waals surface area contributed by atoms with Crippen LogP contribution in [0.3, 0.4) is 0 Å². The first-order valence-electron chi connectivity index (χ1n) is 7.68. The maximum atomic E-state index is 12.1. The summed E-state index contributed by atoms with van der Waals surface area (Å²) in [5.74, 6) is 0. The van der Waals surface area contributed by atoms with Crippen LogP contribution in [0.5, 0.6) is 0 Å². The van der Waals surface area contributed by atoms with Crippen LogP contribution in [0.1, 0.15) is 37.3 Å². The molecule has 2 rings (SSSR count). The van der Waals surface area contributed by atoms with Gasteiger partial charge >= 0.3 is 6.03 Å². The van der Waals surface area contributed by atoms with Crippen molar-refractivity contribution in [3.8, 4) is 0 Å². The SMILES string of the molecule is Cc1ccccc1C1(CNC(=O)N(C)CCC(C)O)CC1. The fraction of sp³-hybridized carbons (Fsp3) is 0.588. The minimum atomic E-state index is -0.373. The molecule has 1 unspecified atom stereocenters. The Balaban J connectivity index is 1.88. The highest BCUT2D eigenvalue weighted by atomic mass is 16.3. The second kappa shape index (κ2) is 6.48. The molecule has 1 aromatic rings. The van der Waals surface area contributed by atoms with Gasteiger partial charge in [0.1, 0.15) is 0 Å². The molecule has 1 fully saturated rings. The molecule has 1 aliphatic carbocycles. The molecule has 0 radical (unpaired) electrons. The number of nitrogens with zero attached hydrogens (tertiary/aromatic N) is 1. The van der Waals surface area contributed by atoms with Gasteiger partial charge in [0.25, 0.3) is 0 Å². The number of rotatable bonds is 6. The van der Waals surface area contributed by atoms with E-state index in [1.54, 1.807) is 18.9 Å². The molecule has 0 heterocycles. The second-order valence-electron chi connectivity index (χ2n) is 6.31. The lowest BCUT2D eigenvalue weighted by molar-refractivity contribution is 0.163. The van der Waals surface area contributed by atoms with Crippen molar-refractivity contribution in [2.24, 2.45) is 0 Å². The summed E-state index contributed by atoms with van der Waals surface area (Å²) in [6.07, 6.45) is 2.50. The van der Waals surface area contributed by atoms with Gasteiger partial charge in [-0.3, -0.25) is 0 Å². The molecule has 2 amide bonds. The van der Waals surface area contributed by atoms with Crippen LogP contribution in [0.2, 0.25) is 0 Å². The average Bonchev–Trinajstić information content (AvgIpc) is 3.23. The smallest absolute Gasteiger partial charge is 0.317 e. The molecule has 2 N–H and O–H groups in total. The van der Waals surface area contributed by atoms with Crippen LogP contribution in [0.25, 0.3) is 0 Å². The Hall–Kier alpha value is -1.55. The molecule has 0 aliphatic heterocycles. The van der Waals surface area contributed by atoms with Crippen molar-refractivity contribution in [1.29, 1.82) is 0 Å². The minimum absolute atomic E-state index is 0.0597. The molecule has 21 heavy (non-hydrogen) atoms. The molecule has 0 saturated heterocycles. The molecule has 116 valence electrons. The highest BCUT2D eigenvalue weighted by Crippen LogP contribution is 2.48. The Morgan fingerprint density at radius 2 is 2.10 bits per heavy atom. The van der Waals surface area contributed by atoms with Crippen molar-refractivity contribution >= 4 is 6.03 Å². The second-order valence-corrected chi connectivity index (χ2v) is 6.31. The van der Waals surface area contributed by atoms with Crippen molar-refractivity contribution in [2.45, 2.75) is 44.6 Å². The summed E-state index contributed by atoms with van der Waals surface area (Å²) >= 11 is 0.